The van der Waals surface area contributed by atoms with E-state index in [1.54, 1.807) is 6.20 Å². The number of pyridine rings is 1. The third kappa shape index (κ3) is 4.14. The summed E-state index contributed by atoms with van der Waals surface area (Å²) < 4.78 is 0.612. The molecule has 1 aliphatic rings. The van der Waals surface area contributed by atoms with Gasteiger partial charge in [0.1, 0.15) is 0 Å². The van der Waals surface area contributed by atoms with Crippen molar-refractivity contribution in [3.8, 4) is 0 Å². The van der Waals surface area contributed by atoms with Crippen LogP contribution in [0.3, 0.4) is 0 Å². The fraction of sp³-hybridized carbons (Fsp3) is 0.583. The van der Waals surface area contributed by atoms with Gasteiger partial charge in [-0.15, -0.1) is 0 Å². The number of nitrogens with one attached hydrogen (secondary N) is 1. The van der Waals surface area contributed by atoms with Gasteiger partial charge in [-0.3, -0.25) is 10.1 Å². The van der Waals surface area contributed by atoms with Gasteiger partial charge < -0.3 is 10.2 Å². The fourth-order valence-corrected chi connectivity index (χ4v) is 2.54. The number of hydrogen-bond acceptors (Lipinski definition) is 5. The minimum atomic E-state index is -0.416. The molecule has 0 spiro atoms. The summed E-state index contributed by atoms with van der Waals surface area (Å²) in [7, 11) is 0. The molecule has 1 aliphatic heterocycles. The maximum Gasteiger partial charge on any atom is 0.312 e. The molecule has 6 nitrogen and oxygen atoms in total. The van der Waals surface area contributed by atoms with Crippen molar-refractivity contribution >= 4 is 27.4 Å². The van der Waals surface area contributed by atoms with Gasteiger partial charge in [-0.05, 0) is 41.9 Å². The van der Waals surface area contributed by atoms with Crippen molar-refractivity contribution < 1.29 is 4.92 Å². The monoisotopic (exact) mass is 328 g/mol. The van der Waals surface area contributed by atoms with Gasteiger partial charge in [0.2, 0.25) is 5.82 Å². The molecule has 1 aromatic heterocycles. The summed E-state index contributed by atoms with van der Waals surface area (Å²) >= 11 is 3.19. The molecular weight excluding hydrogens is 312 g/mol. The average molecular weight is 329 g/mol. The van der Waals surface area contributed by atoms with E-state index in [9.17, 15) is 10.1 Å². The van der Waals surface area contributed by atoms with Crippen molar-refractivity contribution in [3.05, 3.63) is 26.9 Å². The first-order valence-corrected chi connectivity index (χ1v) is 7.22. The van der Waals surface area contributed by atoms with E-state index in [2.05, 4.69) is 31.1 Å². The van der Waals surface area contributed by atoms with Gasteiger partial charge in [0, 0.05) is 29.8 Å². The molecule has 0 unspecified atom stereocenters. The second-order valence-electron chi connectivity index (χ2n) is 4.61. The van der Waals surface area contributed by atoms with Crippen molar-refractivity contribution in [1.82, 2.24) is 9.88 Å². The predicted octanol–water partition coefficient (Wildman–Crippen LogP) is 2.65. The average Bonchev–Trinajstić information content (AvgIpc) is 2.41. The van der Waals surface area contributed by atoms with E-state index in [1.165, 1.54) is 25.3 Å². The van der Waals surface area contributed by atoms with E-state index in [0.717, 1.165) is 19.6 Å². The maximum atomic E-state index is 10.9. The van der Waals surface area contributed by atoms with Gasteiger partial charge in [0.05, 0.1) is 4.92 Å². The Morgan fingerprint density at radius 3 is 2.84 bits per heavy atom. The van der Waals surface area contributed by atoms with Crippen molar-refractivity contribution in [2.45, 2.75) is 19.3 Å². The Labute approximate surface area is 120 Å². The molecule has 1 saturated heterocycles. The van der Waals surface area contributed by atoms with Gasteiger partial charge in [-0.2, -0.15) is 0 Å². The molecule has 1 N–H and O–H groups in total. The van der Waals surface area contributed by atoms with Crippen LogP contribution in [-0.4, -0.2) is 41.0 Å². The van der Waals surface area contributed by atoms with E-state index >= 15 is 0 Å². The van der Waals surface area contributed by atoms with Crippen molar-refractivity contribution in [2.24, 2.45) is 0 Å². The lowest BCUT2D eigenvalue weighted by Gasteiger charge is -2.26. The summed E-state index contributed by atoms with van der Waals surface area (Å²) in [6, 6.07) is 1.47. The maximum absolute atomic E-state index is 10.9. The van der Waals surface area contributed by atoms with Crippen LogP contribution in [-0.2, 0) is 0 Å². The highest BCUT2D eigenvalue weighted by molar-refractivity contribution is 9.10. The smallest absolute Gasteiger partial charge is 0.312 e. The number of nitro groups is 1. The lowest BCUT2D eigenvalue weighted by Crippen LogP contribution is -2.33. The fourth-order valence-electron chi connectivity index (χ4n) is 2.22. The number of piperidine rings is 1. The molecule has 1 aromatic rings. The van der Waals surface area contributed by atoms with Gasteiger partial charge in [-0.25, -0.2) is 4.98 Å². The molecule has 0 atom stereocenters. The first-order chi connectivity index (χ1) is 9.16. The minimum Gasteiger partial charge on any atom is -0.363 e. The molecule has 2 heterocycles. The Balaban J connectivity index is 1.89. The van der Waals surface area contributed by atoms with Crippen molar-refractivity contribution in [3.63, 3.8) is 0 Å². The molecule has 1 fully saturated rings. The SMILES string of the molecule is O=[N+]([O-])c1cc(Br)cnc1NCCN1CCCCC1. The minimum absolute atomic E-state index is 0.00743. The number of aromatic nitrogens is 1. The van der Waals surface area contributed by atoms with Crippen LogP contribution in [0.1, 0.15) is 19.3 Å². The summed E-state index contributed by atoms with van der Waals surface area (Å²) in [5, 5.41) is 14.0. The van der Waals surface area contributed by atoms with Crippen LogP contribution in [0, 0.1) is 10.1 Å². The lowest BCUT2D eigenvalue weighted by atomic mass is 10.1. The summed E-state index contributed by atoms with van der Waals surface area (Å²) in [4.78, 5) is 17.0. The van der Waals surface area contributed by atoms with Crippen LogP contribution in [0.2, 0.25) is 0 Å². The van der Waals surface area contributed by atoms with Crippen molar-refractivity contribution in [2.75, 3.05) is 31.5 Å². The summed E-state index contributed by atoms with van der Waals surface area (Å²) in [6.45, 7) is 3.82. The van der Waals surface area contributed by atoms with E-state index in [4.69, 9.17) is 0 Å². The van der Waals surface area contributed by atoms with Crippen LogP contribution in [0.4, 0.5) is 11.5 Å². The van der Waals surface area contributed by atoms with Gasteiger partial charge in [0.25, 0.3) is 0 Å². The molecule has 0 saturated carbocycles. The number of hydrogen-bond donors (Lipinski definition) is 1. The second-order valence-corrected chi connectivity index (χ2v) is 5.52. The standard InChI is InChI=1S/C12H17BrN4O2/c13-10-8-11(17(18)19)12(15-9-10)14-4-7-16-5-2-1-3-6-16/h8-9H,1-7H2,(H,14,15). The van der Waals surface area contributed by atoms with Gasteiger partial charge >= 0.3 is 5.69 Å². The largest absolute Gasteiger partial charge is 0.363 e. The van der Waals surface area contributed by atoms with Crippen LogP contribution in [0.15, 0.2) is 16.7 Å². The molecule has 0 aliphatic carbocycles. The number of halogens is 1. The molecule has 0 aromatic carbocycles. The Bertz CT molecular complexity index is 449. The van der Waals surface area contributed by atoms with E-state index in [-0.39, 0.29) is 5.69 Å². The highest BCUT2D eigenvalue weighted by Crippen LogP contribution is 2.25. The van der Waals surface area contributed by atoms with E-state index < -0.39 is 4.92 Å². The zero-order chi connectivity index (χ0) is 13.7. The summed E-state index contributed by atoms with van der Waals surface area (Å²) in [5.41, 5.74) is 0.00743. The molecule has 2 rings (SSSR count). The molecule has 104 valence electrons. The summed E-state index contributed by atoms with van der Waals surface area (Å²) in [6.07, 6.45) is 5.37. The Hall–Kier alpha value is -1.21. The normalized spacial score (nSPS) is 16.3. The summed E-state index contributed by atoms with van der Waals surface area (Å²) in [5.74, 6) is 0.338. The lowest BCUT2D eigenvalue weighted by molar-refractivity contribution is -0.384. The number of likely N-dealkylation sites (tertiary alicyclic amines) is 1. The molecule has 0 amide bonds. The van der Waals surface area contributed by atoms with E-state index in [0.29, 0.717) is 16.8 Å². The van der Waals surface area contributed by atoms with Gasteiger partial charge in [0.15, 0.2) is 0 Å². The molecule has 0 bridgehead atoms. The quantitative estimate of drug-likeness (QED) is 0.664. The molecular formula is C12H17BrN4O2. The highest BCUT2D eigenvalue weighted by Gasteiger charge is 2.16. The van der Waals surface area contributed by atoms with Crippen LogP contribution < -0.4 is 5.32 Å². The van der Waals surface area contributed by atoms with Crippen LogP contribution in [0.25, 0.3) is 0 Å². The van der Waals surface area contributed by atoms with Crippen LogP contribution in [0.5, 0.6) is 0 Å². The van der Waals surface area contributed by atoms with Crippen LogP contribution >= 0.6 is 15.9 Å². The predicted molar refractivity (Wildman–Crippen MR) is 77.4 cm³/mol. The Kier molecular flexibility index (Phi) is 5.09. The molecule has 7 heteroatoms. The zero-order valence-corrected chi connectivity index (χ0v) is 12.2. The number of nitrogens with zero attached hydrogens (tertiary/aromatic N) is 3. The topological polar surface area (TPSA) is 71.3 Å². The first-order valence-electron chi connectivity index (χ1n) is 6.43. The molecule has 19 heavy (non-hydrogen) atoms. The van der Waals surface area contributed by atoms with Gasteiger partial charge in [-0.1, -0.05) is 6.42 Å². The molecule has 0 radical (unpaired) electrons. The third-order valence-electron chi connectivity index (χ3n) is 3.20. The zero-order valence-electron chi connectivity index (χ0n) is 10.6. The number of rotatable bonds is 5. The van der Waals surface area contributed by atoms with Crippen molar-refractivity contribution in [1.29, 1.82) is 0 Å². The first kappa shape index (κ1) is 14.2. The Morgan fingerprint density at radius 1 is 1.42 bits per heavy atom. The highest BCUT2D eigenvalue weighted by atomic mass is 79.9. The van der Waals surface area contributed by atoms with E-state index in [1.807, 2.05) is 0 Å². The Morgan fingerprint density at radius 2 is 2.16 bits per heavy atom. The number of anilines is 1. The third-order valence-corrected chi connectivity index (χ3v) is 3.63. The second kappa shape index (κ2) is 6.81.